The van der Waals surface area contributed by atoms with Crippen LogP contribution in [0.25, 0.3) is 0 Å². The largest absolute Gasteiger partial charge is 0.619 e. The van der Waals surface area contributed by atoms with Gasteiger partial charge >= 0.3 is 38.3 Å². The summed E-state index contributed by atoms with van der Waals surface area (Å²) in [6, 6.07) is 0.794. The first-order chi connectivity index (χ1) is 21.6. The first kappa shape index (κ1) is 71.1. The van der Waals surface area contributed by atoms with E-state index in [9.17, 15) is 14.5 Å². The predicted octanol–water partition coefficient (Wildman–Crippen LogP) is 12.0. The van der Waals surface area contributed by atoms with E-state index in [1.807, 2.05) is 33.5 Å². The number of carbonyl (C=O) groups excluding carboxylic acids is 2. The predicted molar refractivity (Wildman–Crippen MR) is 260 cm³/mol. The Bertz CT molecular complexity index is 1160. The lowest BCUT2D eigenvalue weighted by Gasteiger charge is -2.42. The maximum atomic E-state index is 13.4. The second-order valence-electron chi connectivity index (χ2n) is 16.1. The maximum Gasteiger partial charge on any atom is 0.360 e. The van der Waals surface area contributed by atoms with Crippen LogP contribution in [0.4, 0.5) is 0 Å². The van der Waals surface area contributed by atoms with Crippen LogP contribution >= 0.6 is 6.92 Å². The molecule has 7 unspecified atom stereocenters. The molecule has 3 aliphatic rings. The molecule has 2 saturated carbocycles. The van der Waals surface area contributed by atoms with Crippen LogP contribution in [0.3, 0.4) is 0 Å². The molecule has 1 radical (unpaired) electrons. The van der Waals surface area contributed by atoms with Gasteiger partial charge in [0.05, 0.1) is 18.4 Å². The van der Waals surface area contributed by atoms with E-state index in [0.29, 0.717) is 36.9 Å². The fourth-order valence-corrected chi connectivity index (χ4v) is 30.6. The van der Waals surface area contributed by atoms with Gasteiger partial charge in [0.1, 0.15) is 28.7 Å². The highest BCUT2D eigenvalue weighted by Gasteiger charge is 2.61. The second-order valence-corrected chi connectivity index (χ2v) is 38.4. The van der Waals surface area contributed by atoms with Crippen LogP contribution in [-0.4, -0.2) is 80.1 Å². The fourth-order valence-electron chi connectivity index (χ4n) is 6.92. The van der Waals surface area contributed by atoms with Gasteiger partial charge in [0, 0.05) is 35.1 Å². The van der Waals surface area contributed by atoms with Crippen LogP contribution in [0.5, 0.6) is 0 Å². The average Bonchev–Trinajstić information content (AvgIpc) is 3.84. The van der Waals surface area contributed by atoms with Gasteiger partial charge in [0.25, 0.3) is 0 Å². The number of esters is 2. The van der Waals surface area contributed by atoms with Gasteiger partial charge in [0.2, 0.25) is 6.29 Å². The molecule has 3 rings (SSSR count). The Labute approximate surface area is 364 Å². The monoisotopic (exact) mass is 945 g/mol. The van der Waals surface area contributed by atoms with E-state index in [4.69, 9.17) is 41.9 Å². The van der Waals surface area contributed by atoms with Crippen LogP contribution in [0, 0.1) is 23.2 Å². The summed E-state index contributed by atoms with van der Waals surface area (Å²) in [5.41, 5.74) is 0.536. The smallest absolute Gasteiger partial charge is 0.360 e. The highest BCUT2D eigenvalue weighted by Crippen LogP contribution is 2.65. The van der Waals surface area contributed by atoms with Gasteiger partial charge in [-0.1, -0.05) is 80.7 Å². The van der Waals surface area contributed by atoms with Crippen molar-refractivity contribution in [1.29, 1.82) is 0 Å². The van der Waals surface area contributed by atoms with E-state index in [1.165, 1.54) is 0 Å². The molecule has 0 aromatic carbocycles. The molecule has 2 aliphatic carbocycles. The third-order valence-corrected chi connectivity index (χ3v) is 29.5. The summed E-state index contributed by atoms with van der Waals surface area (Å²) < 4.78 is 43.3. The summed E-state index contributed by atoms with van der Waals surface area (Å²) in [6.45, 7) is 21.9. The van der Waals surface area contributed by atoms with Crippen molar-refractivity contribution in [3.63, 3.8) is 0 Å². The Hall–Kier alpha value is 0.524. The first-order valence-electron chi connectivity index (χ1n) is 16.9. The van der Waals surface area contributed by atoms with Crippen molar-refractivity contribution in [3.05, 3.63) is 0 Å². The molecule has 18 heteroatoms. The van der Waals surface area contributed by atoms with Crippen molar-refractivity contribution in [1.82, 2.24) is 0 Å². The minimum absolute atomic E-state index is 0. The van der Waals surface area contributed by atoms with Crippen LogP contribution in [-0.2, 0) is 60.9 Å². The van der Waals surface area contributed by atoms with Gasteiger partial charge in [-0.05, 0) is 96.9 Å². The highest BCUT2D eigenvalue weighted by molar-refractivity contribution is 8.34. The Morgan fingerprint density at radius 2 is 1.30 bits per heavy atom. The van der Waals surface area contributed by atoms with Crippen molar-refractivity contribution < 1.29 is 45.2 Å². The molecule has 0 bridgehead atoms. The number of rotatable bonds is 19. The van der Waals surface area contributed by atoms with E-state index >= 15 is 0 Å². The number of ether oxygens (including phenoxy) is 3. The molecule has 56 heavy (non-hydrogen) atoms. The Balaban J connectivity index is -0.000000534. The van der Waals surface area contributed by atoms with E-state index in [-0.39, 0.29) is 84.2 Å². The fraction of sp³-hybridized carbons (Fsp3) is 0.947. The van der Waals surface area contributed by atoms with E-state index in [1.54, 1.807) is 0 Å². The summed E-state index contributed by atoms with van der Waals surface area (Å²) in [4.78, 5) is 38.4. The SMILES string of the molecule is C.C.C.C.C.C.C.C.C.CC(C[Si](C)(O[Si](C)O[Si](C)(C)C)O[Si](C)(CC(C)C(=O)OC1CO1)O[Si](C)(C)C)C(=O)OCCC1CCC2(CC1)CC2[P+]([O-])=S=S. The van der Waals surface area contributed by atoms with Crippen molar-refractivity contribution >= 4 is 82.6 Å². The van der Waals surface area contributed by atoms with Gasteiger partial charge < -0.3 is 35.6 Å². The van der Waals surface area contributed by atoms with Crippen molar-refractivity contribution in [2.24, 2.45) is 23.2 Å². The second kappa shape index (κ2) is 28.9. The zero-order valence-corrected chi connectivity index (χ0v) is 37.8. The molecule has 1 heterocycles. The molecule has 1 spiro atoms. The van der Waals surface area contributed by atoms with Gasteiger partial charge in [-0.15, -0.1) is 0 Å². The van der Waals surface area contributed by atoms with Gasteiger partial charge in [-0.2, -0.15) is 0 Å². The zero-order chi connectivity index (χ0) is 35.4. The molecule has 1 aliphatic heterocycles. The molecular formula is C38H94O10PS2Si5. The van der Waals surface area contributed by atoms with Crippen LogP contribution in [0.2, 0.25) is 71.0 Å². The molecule has 7 atom stereocenters. The minimum atomic E-state index is -3.10. The third kappa shape index (κ3) is 24.1. The van der Waals surface area contributed by atoms with E-state index < -0.39 is 68.1 Å². The van der Waals surface area contributed by atoms with Crippen molar-refractivity contribution in [2.75, 3.05) is 13.2 Å². The number of hydrogen-bond acceptors (Lipinski definition) is 11. The Morgan fingerprint density at radius 3 is 1.75 bits per heavy atom. The number of epoxide rings is 1. The molecule has 10 nitrogen and oxygen atoms in total. The summed E-state index contributed by atoms with van der Waals surface area (Å²) in [7, 11) is -10.7. The lowest BCUT2D eigenvalue weighted by molar-refractivity contribution is -0.153. The summed E-state index contributed by atoms with van der Waals surface area (Å²) >= 11 is 4.97. The molecule has 0 aromatic heterocycles. The minimum Gasteiger partial charge on any atom is -0.619 e. The molecule has 343 valence electrons. The average molecular weight is 947 g/mol. The van der Waals surface area contributed by atoms with Gasteiger partial charge in [0.15, 0.2) is 16.6 Å². The first-order valence-corrected chi connectivity index (χ1v) is 34.3. The third-order valence-electron chi connectivity index (χ3n) is 8.82. The Morgan fingerprint density at radius 1 is 0.821 bits per heavy atom. The Kier molecular flexibility index (Phi) is 36.7. The molecular weight excluding hydrogens is 852 g/mol. The van der Waals surface area contributed by atoms with Gasteiger partial charge in [-0.25, -0.2) is 0 Å². The summed E-state index contributed by atoms with van der Waals surface area (Å²) in [5, 5.41) is 0. The topological polar surface area (TPSA) is 125 Å². The summed E-state index contributed by atoms with van der Waals surface area (Å²) in [5.74, 6) is -0.951. The van der Waals surface area contributed by atoms with Crippen LogP contribution in [0.1, 0.15) is 119 Å². The number of carbonyl (C=O) groups is 2. The molecule has 3 fully saturated rings. The quantitative estimate of drug-likeness (QED) is 0.0532. The maximum absolute atomic E-state index is 13.4. The van der Waals surface area contributed by atoms with Crippen molar-refractivity contribution in [2.45, 2.75) is 202 Å². The molecule has 0 aromatic rings. The highest BCUT2D eigenvalue weighted by atomic mass is 32.9. The van der Waals surface area contributed by atoms with Gasteiger partial charge in [-0.3, -0.25) is 9.59 Å². The molecule has 0 N–H and O–H groups in total. The van der Waals surface area contributed by atoms with Crippen LogP contribution < -0.4 is 4.89 Å². The van der Waals surface area contributed by atoms with Crippen molar-refractivity contribution in [3.8, 4) is 0 Å². The molecule has 0 amide bonds. The lowest BCUT2D eigenvalue weighted by Crippen LogP contribution is -2.59. The zero-order valence-electron chi connectivity index (χ0n) is 30.3. The molecule has 1 saturated heterocycles. The van der Waals surface area contributed by atoms with Crippen LogP contribution in [0.15, 0.2) is 0 Å². The van der Waals surface area contributed by atoms with E-state index in [0.717, 1.165) is 48.0 Å². The summed E-state index contributed by atoms with van der Waals surface area (Å²) in [6.07, 6.45) is 5.78. The van der Waals surface area contributed by atoms with E-state index in [2.05, 4.69) is 39.3 Å². The normalized spacial score (nSPS) is 23.9. The lowest BCUT2D eigenvalue weighted by atomic mass is 9.78. The standard InChI is InChI=1S/C29H58O10PS2Si5.9CH4/c1-22(27(30)33-17-14-24-12-15-29(16-13-24)18-25(29)40(32)42-41)20-46(10,37-43(3)36-44(4,5)6)39-47(11,38-45(7,8)9)21-23(2)28(31)35-26-19-34-26;;;;;;;;;/h22-26H,12-21H2,1-11H3;9*1H4. The number of hydrogen-bond donors (Lipinski definition) is 0.